The number of pyridine rings is 1. The fourth-order valence-corrected chi connectivity index (χ4v) is 2.12. The molecule has 0 bridgehead atoms. The van der Waals surface area contributed by atoms with Crippen molar-refractivity contribution >= 4 is 0 Å². The summed E-state index contributed by atoms with van der Waals surface area (Å²) in [5.74, 6) is 0.607. The van der Waals surface area contributed by atoms with Crippen molar-refractivity contribution in [1.29, 1.82) is 0 Å². The molecule has 1 aliphatic heterocycles. The van der Waals surface area contributed by atoms with Gasteiger partial charge in [0.15, 0.2) is 0 Å². The molecule has 2 heterocycles. The Hall–Kier alpha value is -1.13. The van der Waals surface area contributed by atoms with E-state index in [0.717, 1.165) is 31.5 Å². The van der Waals surface area contributed by atoms with Crippen molar-refractivity contribution < 1.29 is 9.84 Å². The summed E-state index contributed by atoms with van der Waals surface area (Å²) in [6.45, 7) is 1.78. The highest BCUT2D eigenvalue weighted by atomic mass is 16.5. The fraction of sp³-hybridized carbons (Fsp3) is 0.583. The summed E-state index contributed by atoms with van der Waals surface area (Å²) in [5.41, 5.74) is 0.508. The number of aromatic nitrogens is 1. The average molecular weight is 222 g/mol. The first-order valence-electron chi connectivity index (χ1n) is 5.64. The molecule has 2 N–H and O–H groups in total. The second-order valence-corrected chi connectivity index (χ2v) is 4.36. The number of rotatable bonds is 3. The Morgan fingerprint density at radius 3 is 2.94 bits per heavy atom. The molecule has 0 spiro atoms. The number of hydrogen-bond donors (Lipinski definition) is 2. The van der Waals surface area contributed by atoms with Crippen LogP contribution in [0.3, 0.4) is 0 Å². The minimum Gasteiger partial charge on any atom is -0.481 e. The smallest absolute Gasteiger partial charge is 0.213 e. The third-order valence-corrected chi connectivity index (χ3v) is 3.08. The minimum absolute atomic E-state index is 0.572. The normalized spacial score (nSPS) is 19.4. The van der Waals surface area contributed by atoms with Gasteiger partial charge >= 0.3 is 0 Å². The Kier molecular flexibility index (Phi) is 3.41. The van der Waals surface area contributed by atoms with Crippen LogP contribution in [0.1, 0.15) is 18.4 Å². The molecular weight excluding hydrogens is 204 g/mol. The summed E-state index contributed by atoms with van der Waals surface area (Å²) < 4.78 is 5.07. The maximum absolute atomic E-state index is 10.4. The van der Waals surface area contributed by atoms with Crippen molar-refractivity contribution in [3.05, 3.63) is 23.9 Å². The second-order valence-electron chi connectivity index (χ2n) is 4.36. The first-order valence-corrected chi connectivity index (χ1v) is 5.64. The van der Waals surface area contributed by atoms with Crippen LogP contribution >= 0.6 is 0 Å². The van der Waals surface area contributed by atoms with Crippen molar-refractivity contribution in [3.8, 4) is 5.88 Å². The van der Waals surface area contributed by atoms with E-state index in [2.05, 4.69) is 10.3 Å². The van der Waals surface area contributed by atoms with Crippen LogP contribution in [-0.4, -0.2) is 35.9 Å². The Morgan fingerprint density at radius 2 is 2.25 bits per heavy atom. The maximum atomic E-state index is 10.4. The number of methoxy groups -OCH3 is 1. The van der Waals surface area contributed by atoms with E-state index in [9.17, 15) is 5.11 Å². The molecule has 0 aromatic carbocycles. The van der Waals surface area contributed by atoms with Crippen molar-refractivity contribution in [2.45, 2.75) is 24.9 Å². The van der Waals surface area contributed by atoms with Gasteiger partial charge in [-0.15, -0.1) is 0 Å². The van der Waals surface area contributed by atoms with E-state index in [0.29, 0.717) is 12.3 Å². The summed E-state index contributed by atoms with van der Waals surface area (Å²) in [6, 6.07) is 3.82. The van der Waals surface area contributed by atoms with Crippen molar-refractivity contribution in [1.82, 2.24) is 10.3 Å². The van der Waals surface area contributed by atoms with Crippen LogP contribution in [0.5, 0.6) is 5.88 Å². The summed E-state index contributed by atoms with van der Waals surface area (Å²) in [6.07, 6.45) is 4.00. The fourth-order valence-electron chi connectivity index (χ4n) is 2.12. The monoisotopic (exact) mass is 222 g/mol. The standard InChI is InChI=1S/C12H18N2O2/c1-16-11-8-10(2-5-14-11)9-12(15)3-6-13-7-4-12/h2,5,8,13,15H,3-4,6-7,9H2,1H3. The predicted molar refractivity (Wildman–Crippen MR) is 61.5 cm³/mol. The molecule has 0 unspecified atom stereocenters. The molecule has 1 aromatic heterocycles. The van der Waals surface area contributed by atoms with Crippen LogP contribution in [-0.2, 0) is 6.42 Å². The number of nitrogens with zero attached hydrogens (tertiary/aromatic N) is 1. The lowest BCUT2D eigenvalue weighted by Crippen LogP contribution is -2.43. The average Bonchev–Trinajstić information content (AvgIpc) is 2.29. The lowest BCUT2D eigenvalue weighted by Gasteiger charge is -2.32. The molecule has 0 aliphatic carbocycles. The molecule has 0 saturated carbocycles. The largest absolute Gasteiger partial charge is 0.481 e. The van der Waals surface area contributed by atoms with Crippen molar-refractivity contribution in [2.75, 3.05) is 20.2 Å². The number of aliphatic hydroxyl groups is 1. The summed E-state index contributed by atoms with van der Waals surface area (Å²) in [5, 5.41) is 13.6. The van der Waals surface area contributed by atoms with Gasteiger partial charge in [0.05, 0.1) is 12.7 Å². The molecule has 0 amide bonds. The van der Waals surface area contributed by atoms with Gasteiger partial charge in [-0.2, -0.15) is 0 Å². The molecule has 16 heavy (non-hydrogen) atoms. The molecule has 4 heteroatoms. The van der Waals surface area contributed by atoms with Crippen LogP contribution in [0, 0.1) is 0 Å². The van der Waals surface area contributed by atoms with Gasteiger partial charge in [-0.1, -0.05) is 0 Å². The van der Waals surface area contributed by atoms with E-state index >= 15 is 0 Å². The maximum Gasteiger partial charge on any atom is 0.213 e. The first-order chi connectivity index (χ1) is 7.72. The van der Waals surface area contributed by atoms with Crippen LogP contribution in [0.2, 0.25) is 0 Å². The van der Waals surface area contributed by atoms with Gasteiger partial charge in [-0.05, 0) is 37.6 Å². The summed E-state index contributed by atoms with van der Waals surface area (Å²) >= 11 is 0. The highest BCUT2D eigenvalue weighted by Crippen LogP contribution is 2.24. The molecule has 0 radical (unpaired) electrons. The zero-order valence-corrected chi connectivity index (χ0v) is 9.57. The number of ether oxygens (including phenoxy) is 1. The molecule has 1 fully saturated rings. The third kappa shape index (κ3) is 2.71. The van der Waals surface area contributed by atoms with Crippen LogP contribution in [0.25, 0.3) is 0 Å². The van der Waals surface area contributed by atoms with E-state index in [1.165, 1.54) is 0 Å². The zero-order chi connectivity index (χ0) is 11.4. The molecule has 1 aliphatic rings. The lowest BCUT2D eigenvalue weighted by atomic mass is 9.86. The van der Waals surface area contributed by atoms with Gasteiger partial charge < -0.3 is 15.2 Å². The van der Waals surface area contributed by atoms with E-state index in [1.54, 1.807) is 13.3 Å². The van der Waals surface area contributed by atoms with Gasteiger partial charge in [-0.3, -0.25) is 0 Å². The van der Waals surface area contributed by atoms with Crippen LogP contribution < -0.4 is 10.1 Å². The highest BCUT2D eigenvalue weighted by Gasteiger charge is 2.29. The Labute approximate surface area is 95.7 Å². The molecule has 88 valence electrons. The predicted octanol–water partition coefficient (Wildman–Crippen LogP) is 0.747. The van der Waals surface area contributed by atoms with Crippen molar-refractivity contribution in [2.24, 2.45) is 0 Å². The highest BCUT2D eigenvalue weighted by molar-refractivity contribution is 5.22. The molecule has 4 nitrogen and oxygen atoms in total. The third-order valence-electron chi connectivity index (χ3n) is 3.08. The van der Waals surface area contributed by atoms with E-state index in [1.807, 2.05) is 12.1 Å². The molecule has 0 atom stereocenters. The number of hydrogen-bond acceptors (Lipinski definition) is 4. The van der Waals surface area contributed by atoms with Gasteiger partial charge in [0.25, 0.3) is 0 Å². The Morgan fingerprint density at radius 1 is 1.50 bits per heavy atom. The number of piperidine rings is 1. The molecule has 1 saturated heterocycles. The summed E-state index contributed by atoms with van der Waals surface area (Å²) in [7, 11) is 1.60. The van der Waals surface area contributed by atoms with Crippen LogP contribution in [0.4, 0.5) is 0 Å². The Balaban J connectivity index is 2.07. The SMILES string of the molecule is COc1cc(CC2(O)CCNCC2)ccn1. The lowest BCUT2D eigenvalue weighted by molar-refractivity contribution is 0.0108. The minimum atomic E-state index is -0.572. The topological polar surface area (TPSA) is 54.4 Å². The van der Waals surface area contributed by atoms with Gasteiger partial charge in [-0.25, -0.2) is 4.98 Å². The first kappa shape index (κ1) is 11.4. The molecule has 1 aromatic rings. The van der Waals surface area contributed by atoms with Gasteiger partial charge in [0.2, 0.25) is 5.88 Å². The molecule has 2 rings (SSSR count). The van der Waals surface area contributed by atoms with Gasteiger partial charge in [0, 0.05) is 18.7 Å². The van der Waals surface area contributed by atoms with E-state index < -0.39 is 5.60 Å². The van der Waals surface area contributed by atoms with Crippen LogP contribution in [0.15, 0.2) is 18.3 Å². The number of nitrogens with one attached hydrogen (secondary N) is 1. The van der Waals surface area contributed by atoms with Crippen molar-refractivity contribution in [3.63, 3.8) is 0 Å². The Bertz CT molecular complexity index is 349. The zero-order valence-electron chi connectivity index (χ0n) is 9.57. The van der Waals surface area contributed by atoms with E-state index in [4.69, 9.17) is 4.74 Å². The summed E-state index contributed by atoms with van der Waals surface area (Å²) in [4.78, 5) is 4.06. The quantitative estimate of drug-likeness (QED) is 0.792. The van der Waals surface area contributed by atoms with Gasteiger partial charge in [0.1, 0.15) is 0 Å². The molecular formula is C12H18N2O2. The van der Waals surface area contributed by atoms with E-state index in [-0.39, 0.29) is 0 Å². The second kappa shape index (κ2) is 4.80.